The molecule has 4 heteroatoms. The van der Waals surface area contributed by atoms with Crippen molar-refractivity contribution in [1.82, 2.24) is 0 Å². The highest BCUT2D eigenvalue weighted by molar-refractivity contribution is 5.22. The van der Waals surface area contributed by atoms with Crippen molar-refractivity contribution in [2.75, 3.05) is 6.61 Å². The Balaban J connectivity index is 2.42. The molecule has 0 amide bonds. The van der Waals surface area contributed by atoms with Crippen molar-refractivity contribution >= 4 is 0 Å². The first-order valence-corrected chi connectivity index (χ1v) is 4.16. The van der Waals surface area contributed by atoms with Crippen LogP contribution in [0.25, 0.3) is 0 Å². The lowest BCUT2D eigenvalue weighted by molar-refractivity contribution is 0.111. The van der Waals surface area contributed by atoms with E-state index in [0.29, 0.717) is 5.75 Å². The van der Waals surface area contributed by atoms with Crippen LogP contribution in [0.5, 0.6) is 5.75 Å². The minimum Gasteiger partial charge on any atom is -0.491 e. The highest BCUT2D eigenvalue weighted by atomic mass is 19.1. The number of hydrogen-bond acceptors (Lipinski definition) is 3. The van der Waals surface area contributed by atoms with Crippen molar-refractivity contribution in [1.29, 1.82) is 5.26 Å². The van der Waals surface area contributed by atoms with Crippen LogP contribution in [0.4, 0.5) is 4.39 Å². The number of benzene rings is 1. The van der Waals surface area contributed by atoms with Gasteiger partial charge in [0.15, 0.2) is 0 Å². The lowest BCUT2D eigenvalue weighted by Gasteiger charge is -2.08. The lowest BCUT2D eigenvalue weighted by atomic mass is 10.3. The molecule has 1 unspecified atom stereocenters. The molecule has 0 radical (unpaired) electrons. The molecule has 1 aromatic rings. The Morgan fingerprint density at radius 2 is 2.36 bits per heavy atom. The van der Waals surface area contributed by atoms with Crippen LogP contribution in [0, 0.1) is 17.1 Å². The van der Waals surface area contributed by atoms with Crippen LogP contribution < -0.4 is 4.74 Å². The number of ether oxygens (including phenoxy) is 1. The maximum Gasteiger partial charge on any atom is 0.126 e. The fourth-order valence-corrected chi connectivity index (χ4v) is 0.914. The van der Waals surface area contributed by atoms with E-state index in [9.17, 15) is 4.39 Å². The molecule has 0 bridgehead atoms. The maximum absolute atomic E-state index is 12.6. The van der Waals surface area contributed by atoms with Crippen LogP contribution in [0.15, 0.2) is 24.3 Å². The van der Waals surface area contributed by atoms with Crippen LogP contribution in [-0.4, -0.2) is 17.8 Å². The second-order valence-corrected chi connectivity index (χ2v) is 2.78. The summed E-state index contributed by atoms with van der Waals surface area (Å²) in [5.41, 5.74) is 0. The summed E-state index contributed by atoms with van der Waals surface area (Å²) in [5, 5.41) is 17.4. The number of hydrogen-bond donors (Lipinski definition) is 1. The Bertz CT molecular complexity index is 335. The molecule has 74 valence electrons. The van der Waals surface area contributed by atoms with Gasteiger partial charge < -0.3 is 9.84 Å². The van der Waals surface area contributed by atoms with E-state index in [1.807, 2.05) is 6.07 Å². The van der Waals surface area contributed by atoms with Gasteiger partial charge in [0.25, 0.3) is 0 Å². The van der Waals surface area contributed by atoms with Crippen LogP contribution in [-0.2, 0) is 0 Å². The van der Waals surface area contributed by atoms with Gasteiger partial charge >= 0.3 is 0 Å². The fraction of sp³-hybridized carbons (Fsp3) is 0.300. The molecule has 1 rings (SSSR count). The van der Waals surface area contributed by atoms with Gasteiger partial charge in [-0.3, -0.25) is 0 Å². The summed E-state index contributed by atoms with van der Waals surface area (Å²) in [6, 6.07) is 7.44. The molecular weight excluding hydrogens is 185 g/mol. The van der Waals surface area contributed by atoms with Gasteiger partial charge in [0.2, 0.25) is 0 Å². The number of rotatable bonds is 4. The molecule has 0 heterocycles. The van der Waals surface area contributed by atoms with Gasteiger partial charge in [-0.2, -0.15) is 5.26 Å². The van der Waals surface area contributed by atoms with Crippen molar-refractivity contribution in [3.05, 3.63) is 30.1 Å². The van der Waals surface area contributed by atoms with E-state index >= 15 is 0 Å². The number of aliphatic hydroxyl groups is 1. The first kappa shape index (κ1) is 10.5. The van der Waals surface area contributed by atoms with Crippen molar-refractivity contribution in [2.45, 2.75) is 12.5 Å². The average molecular weight is 195 g/mol. The highest BCUT2D eigenvalue weighted by Crippen LogP contribution is 2.12. The van der Waals surface area contributed by atoms with Crippen LogP contribution >= 0.6 is 0 Å². The summed E-state index contributed by atoms with van der Waals surface area (Å²) >= 11 is 0. The third-order valence-corrected chi connectivity index (χ3v) is 1.57. The number of nitrogens with zero attached hydrogens (tertiary/aromatic N) is 1. The van der Waals surface area contributed by atoms with Crippen LogP contribution in [0.3, 0.4) is 0 Å². The van der Waals surface area contributed by atoms with Crippen LogP contribution in [0.1, 0.15) is 6.42 Å². The van der Waals surface area contributed by atoms with Crippen molar-refractivity contribution < 1.29 is 14.2 Å². The predicted octanol–water partition coefficient (Wildman–Crippen LogP) is 1.48. The van der Waals surface area contributed by atoms with Gasteiger partial charge in [-0.25, -0.2) is 4.39 Å². The molecule has 0 aromatic heterocycles. The molecule has 3 nitrogen and oxygen atoms in total. The summed E-state index contributed by atoms with van der Waals surface area (Å²) in [5.74, 6) is -0.0423. The standard InChI is InChI=1S/C10H10FNO2/c11-8-2-1-3-10(6-8)14-7-9(13)4-5-12/h1-3,6,9,13H,4,7H2. The zero-order valence-electron chi connectivity index (χ0n) is 7.48. The first-order valence-electron chi connectivity index (χ1n) is 4.16. The Labute approximate surface area is 81.4 Å². The third kappa shape index (κ3) is 3.42. The maximum atomic E-state index is 12.6. The largest absolute Gasteiger partial charge is 0.491 e. The quantitative estimate of drug-likeness (QED) is 0.791. The summed E-state index contributed by atoms with van der Waals surface area (Å²) in [7, 11) is 0. The molecule has 14 heavy (non-hydrogen) atoms. The van der Waals surface area contributed by atoms with Gasteiger partial charge in [0.1, 0.15) is 24.3 Å². The van der Waals surface area contributed by atoms with Gasteiger partial charge in [-0.1, -0.05) is 6.07 Å². The van der Waals surface area contributed by atoms with E-state index in [1.165, 1.54) is 18.2 Å². The zero-order valence-corrected chi connectivity index (χ0v) is 7.48. The molecule has 1 aromatic carbocycles. The molecule has 0 aliphatic heterocycles. The zero-order chi connectivity index (χ0) is 10.4. The molecule has 0 aliphatic carbocycles. The SMILES string of the molecule is N#CCC(O)COc1cccc(F)c1. The van der Waals surface area contributed by atoms with E-state index in [4.69, 9.17) is 15.1 Å². The fourth-order valence-electron chi connectivity index (χ4n) is 0.914. The van der Waals surface area contributed by atoms with E-state index in [2.05, 4.69) is 0 Å². The monoisotopic (exact) mass is 195 g/mol. The topological polar surface area (TPSA) is 53.2 Å². The van der Waals surface area contributed by atoms with Gasteiger partial charge in [-0.05, 0) is 12.1 Å². The Morgan fingerprint density at radius 3 is 3.00 bits per heavy atom. The number of aliphatic hydroxyl groups excluding tert-OH is 1. The van der Waals surface area contributed by atoms with Crippen molar-refractivity contribution in [3.63, 3.8) is 0 Å². The molecule has 0 spiro atoms. The Hall–Kier alpha value is -1.60. The van der Waals surface area contributed by atoms with Gasteiger partial charge in [0, 0.05) is 6.07 Å². The Kier molecular flexibility index (Phi) is 3.89. The summed E-state index contributed by atoms with van der Waals surface area (Å²) < 4.78 is 17.7. The van der Waals surface area contributed by atoms with Gasteiger partial charge in [-0.15, -0.1) is 0 Å². The second kappa shape index (κ2) is 5.20. The predicted molar refractivity (Wildman–Crippen MR) is 48.1 cm³/mol. The van der Waals surface area contributed by atoms with Gasteiger partial charge in [0.05, 0.1) is 12.5 Å². The average Bonchev–Trinajstić information content (AvgIpc) is 2.15. The molecular formula is C10H10FNO2. The minimum atomic E-state index is -0.830. The highest BCUT2D eigenvalue weighted by Gasteiger charge is 2.04. The molecule has 0 saturated carbocycles. The van der Waals surface area contributed by atoms with E-state index in [1.54, 1.807) is 6.07 Å². The number of halogens is 1. The smallest absolute Gasteiger partial charge is 0.126 e. The van der Waals surface area contributed by atoms with Crippen molar-refractivity contribution in [2.24, 2.45) is 0 Å². The van der Waals surface area contributed by atoms with E-state index in [0.717, 1.165) is 0 Å². The molecule has 0 saturated heterocycles. The summed E-state index contributed by atoms with van der Waals surface area (Å²) in [4.78, 5) is 0. The second-order valence-electron chi connectivity index (χ2n) is 2.78. The summed E-state index contributed by atoms with van der Waals surface area (Å²) in [6.45, 7) is -0.00296. The normalized spacial score (nSPS) is 11.8. The number of nitriles is 1. The van der Waals surface area contributed by atoms with E-state index < -0.39 is 11.9 Å². The molecule has 0 aliphatic rings. The molecule has 1 atom stereocenters. The molecule has 1 N–H and O–H groups in total. The summed E-state index contributed by atoms with van der Waals surface area (Å²) in [6.07, 6.45) is -0.821. The molecule has 0 fully saturated rings. The van der Waals surface area contributed by atoms with E-state index in [-0.39, 0.29) is 13.0 Å². The minimum absolute atomic E-state index is 0.00296. The van der Waals surface area contributed by atoms with Crippen molar-refractivity contribution in [3.8, 4) is 11.8 Å². The Morgan fingerprint density at radius 1 is 1.57 bits per heavy atom. The van der Waals surface area contributed by atoms with Crippen LogP contribution in [0.2, 0.25) is 0 Å². The lowest BCUT2D eigenvalue weighted by Crippen LogP contribution is -2.16. The third-order valence-electron chi connectivity index (χ3n) is 1.57. The first-order chi connectivity index (χ1) is 6.72.